The van der Waals surface area contributed by atoms with E-state index in [4.69, 9.17) is 9.47 Å². The number of methoxy groups -OCH3 is 1. The summed E-state index contributed by atoms with van der Waals surface area (Å²) in [5.74, 6) is 0. The van der Waals surface area contributed by atoms with Gasteiger partial charge in [-0.1, -0.05) is 0 Å². The molecular weight excluding hydrogens is 154 g/mol. The van der Waals surface area contributed by atoms with Crippen molar-refractivity contribution in [2.45, 2.75) is 31.9 Å². The zero-order valence-corrected chi connectivity index (χ0v) is 8.22. The highest BCUT2D eigenvalue weighted by Crippen LogP contribution is 2.24. The molecule has 1 aliphatic rings. The first-order valence-electron chi connectivity index (χ1n) is 4.54. The summed E-state index contributed by atoms with van der Waals surface area (Å²) in [5, 5.41) is 3.46. The smallest absolute Gasteiger partial charge is 0.0726 e. The van der Waals surface area contributed by atoms with Gasteiger partial charge < -0.3 is 14.8 Å². The standard InChI is InChI=1S/C9H19NO2/c1-8-9(2,4-6-12-8)10-5-7-11-3/h8,10H,4-7H2,1-3H3. The summed E-state index contributed by atoms with van der Waals surface area (Å²) in [6.45, 7) is 6.87. The maximum atomic E-state index is 5.50. The summed E-state index contributed by atoms with van der Waals surface area (Å²) in [6, 6.07) is 0. The van der Waals surface area contributed by atoms with Crippen LogP contribution in [0.3, 0.4) is 0 Å². The van der Waals surface area contributed by atoms with Crippen LogP contribution in [-0.2, 0) is 9.47 Å². The molecule has 2 unspecified atom stereocenters. The molecule has 72 valence electrons. The SMILES string of the molecule is COCCNC1(C)CCOC1C. The molecule has 0 amide bonds. The number of hydrogen-bond acceptors (Lipinski definition) is 3. The average molecular weight is 173 g/mol. The lowest BCUT2D eigenvalue weighted by molar-refractivity contribution is 0.0848. The third-order valence-electron chi connectivity index (χ3n) is 2.72. The summed E-state index contributed by atoms with van der Waals surface area (Å²) in [4.78, 5) is 0. The second-order valence-electron chi connectivity index (χ2n) is 3.60. The Kier molecular flexibility index (Phi) is 3.50. The van der Waals surface area contributed by atoms with Gasteiger partial charge in [0.25, 0.3) is 0 Å². The highest BCUT2D eigenvalue weighted by atomic mass is 16.5. The van der Waals surface area contributed by atoms with Crippen molar-refractivity contribution in [3.05, 3.63) is 0 Å². The molecule has 0 radical (unpaired) electrons. The van der Waals surface area contributed by atoms with Crippen LogP contribution in [0, 0.1) is 0 Å². The minimum atomic E-state index is 0.151. The molecule has 1 rings (SSSR count). The van der Waals surface area contributed by atoms with Gasteiger partial charge in [-0.15, -0.1) is 0 Å². The average Bonchev–Trinajstić information content (AvgIpc) is 2.34. The third-order valence-corrected chi connectivity index (χ3v) is 2.72. The number of rotatable bonds is 4. The van der Waals surface area contributed by atoms with Crippen LogP contribution in [-0.4, -0.2) is 38.5 Å². The maximum absolute atomic E-state index is 5.50. The molecule has 12 heavy (non-hydrogen) atoms. The van der Waals surface area contributed by atoms with E-state index in [1.54, 1.807) is 7.11 Å². The lowest BCUT2D eigenvalue weighted by Gasteiger charge is -2.28. The third kappa shape index (κ3) is 2.19. The fraction of sp³-hybridized carbons (Fsp3) is 1.00. The Hall–Kier alpha value is -0.120. The highest BCUT2D eigenvalue weighted by Gasteiger charge is 2.35. The van der Waals surface area contributed by atoms with Gasteiger partial charge in [0.05, 0.1) is 12.7 Å². The zero-order chi connectivity index (χ0) is 9.03. The Morgan fingerprint density at radius 3 is 2.92 bits per heavy atom. The van der Waals surface area contributed by atoms with Gasteiger partial charge in [-0.3, -0.25) is 0 Å². The van der Waals surface area contributed by atoms with Crippen molar-refractivity contribution in [2.75, 3.05) is 26.9 Å². The van der Waals surface area contributed by atoms with Gasteiger partial charge in [0.1, 0.15) is 0 Å². The van der Waals surface area contributed by atoms with Crippen molar-refractivity contribution < 1.29 is 9.47 Å². The molecule has 1 saturated heterocycles. The molecular formula is C9H19NO2. The normalized spacial score (nSPS) is 35.8. The Labute approximate surface area is 74.4 Å². The van der Waals surface area contributed by atoms with Crippen LogP contribution < -0.4 is 5.32 Å². The van der Waals surface area contributed by atoms with Gasteiger partial charge in [0.2, 0.25) is 0 Å². The zero-order valence-electron chi connectivity index (χ0n) is 8.22. The fourth-order valence-corrected chi connectivity index (χ4v) is 1.51. The van der Waals surface area contributed by atoms with E-state index in [-0.39, 0.29) is 5.54 Å². The highest BCUT2D eigenvalue weighted by molar-refractivity contribution is 4.93. The van der Waals surface area contributed by atoms with Crippen molar-refractivity contribution in [3.8, 4) is 0 Å². The lowest BCUT2D eigenvalue weighted by atomic mass is 9.95. The molecule has 1 heterocycles. The molecule has 0 spiro atoms. The summed E-state index contributed by atoms with van der Waals surface area (Å²) in [5.41, 5.74) is 0.151. The first-order chi connectivity index (χ1) is 5.69. The summed E-state index contributed by atoms with van der Waals surface area (Å²) in [6.07, 6.45) is 1.41. The van der Waals surface area contributed by atoms with Crippen molar-refractivity contribution in [2.24, 2.45) is 0 Å². The van der Waals surface area contributed by atoms with Crippen molar-refractivity contribution in [1.29, 1.82) is 0 Å². The van der Waals surface area contributed by atoms with Gasteiger partial charge in [-0.05, 0) is 20.3 Å². The van der Waals surface area contributed by atoms with E-state index in [2.05, 4.69) is 19.2 Å². The van der Waals surface area contributed by atoms with Crippen LogP contribution in [0.25, 0.3) is 0 Å². The van der Waals surface area contributed by atoms with Crippen molar-refractivity contribution in [1.82, 2.24) is 5.32 Å². The van der Waals surface area contributed by atoms with Gasteiger partial charge >= 0.3 is 0 Å². The van der Waals surface area contributed by atoms with E-state index in [1.807, 2.05) is 0 Å². The van der Waals surface area contributed by atoms with Crippen LogP contribution in [0.2, 0.25) is 0 Å². The summed E-state index contributed by atoms with van der Waals surface area (Å²) >= 11 is 0. The molecule has 1 N–H and O–H groups in total. The van der Waals surface area contributed by atoms with Crippen LogP contribution in [0.5, 0.6) is 0 Å². The van der Waals surface area contributed by atoms with E-state index < -0.39 is 0 Å². The number of ether oxygens (including phenoxy) is 2. The Balaban J connectivity index is 2.27. The van der Waals surface area contributed by atoms with Crippen LogP contribution >= 0.6 is 0 Å². The molecule has 0 aliphatic carbocycles. The molecule has 3 heteroatoms. The van der Waals surface area contributed by atoms with Crippen LogP contribution in [0.15, 0.2) is 0 Å². The molecule has 0 aromatic carbocycles. The molecule has 1 aliphatic heterocycles. The molecule has 0 aromatic rings. The molecule has 0 aromatic heterocycles. The first-order valence-corrected chi connectivity index (χ1v) is 4.54. The fourth-order valence-electron chi connectivity index (χ4n) is 1.51. The molecule has 3 nitrogen and oxygen atoms in total. The van der Waals surface area contributed by atoms with E-state index in [1.165, 1.54) is 0 Å². The predicted molar refractivity (Wildman–Crippen MR) is 48.3 cm³/mol. The van der Waals surface area contributed by atoms with Gasteiger partial charge in [0.15, 0.2) is 0 Å². The lowest BCUT2D eigenvalue weighted by Crippen LogP contribution is -2.48. The summed E-state index contributed by atoms with van der Waals surface area (Å²) in [7, 11) is 1.72. The maximum Gasteiger partial charge on any atom is 0.0726 e. The predicted octanol–water partition coefficient (Wildman–Crippen LogP) is 0.790. The van der Waals surface area contributed by atoms with Gasteiger partial charge in [0, 0.05) is 25.8 Å². The Morgan fingerprint density at radius 1 is 1.67 bits per heavy atom. The summed E-state index contributed by atoms with van der Waals surface area (Å²) < 4.78 is 10.5. The monoisotopic (exact) mass is 173 g/mol. The Morgan fingerprint density at radius 2 is 2.42 bits per heavy atom. The molecule has 0 saturated carbocycles. The molecule has 2 atom stereocenters. The van der Waals surface area contributed by atoms with Gasteiger partial charge in [-0.25, -0.2) is 0 Å². The minimum absolute atomic E-state index is 0.151. The van der Waals surface area contributed by atoms with Crippen molar-refractivity contribution >= 4 is 0 Å². The number of nitrogens with one attached hydrogen (secondary N) is 1. The van der Waals surface area contributed by atoms with Crippen LogP contribution in [0.4, 0.5) is 0 Å². The van der Waals surface area contributed by atoms with E-state index in [0.29, 0.717) is 6.10 Å². The van der Waals surface area contributed by atoms with E-state index in [9.17, 15) is 0 Å². The topological polar surface area (TPSA) is 30.5 Å². The molecule has 0 bridgehead atoms. The van der Waals surface area contributed by atoms with Crippen LogP contribution in [0.1, 0.15) is 20.3 Å². The van der Waals surface area contributed by atoms with Gasteiger partial charge in [-0.2, -0.15) is 0 Å². The Bertz CT molecular complexity index is 140. The molecule has 1 fully saturated rings. The quantitative estimate of drug-likeness (QED) is 0.638. The second kappa shape index (κ2) is 4.21. The first kappa shape index (κ1) is 9.96. The largest absolute Gasteiger partial charge is 0.383 e. The van der Waals surface area contributed by atoms with Crippen molar-refractivity contribution in [3.63, 3.8) is 0 Å². The number of hydrogen-bond donors (Lipinski definition) is 1. The second-order valence-corrected chi connectivity index (χ2v) is 3.60. The minimum Gasteiger partial charge on any atom is -0.383 e. The van der Waals surface area contributed by atoms with E-state index >= 15 is 0 Å². The van der Waals surface area contributed by atoms with E-state index in [0.717, 1.165) is 26.2 Å².